The summed E-state index contributed by atoms with van der Waals surface area (Å²) in [5.74, 6) is -0.0290. The van der Waals surface area contributed by atoms with Gasteiger partial charge in [0.15, 0.2) is 6.10 Å². The van der Waals surface area contributed by atoms with E-state index in [9.17, 15) is 14.4 Å². The van der Waals surface area contributed by atoms with Crippen LogP contribution in [0.5, 0.6) is 5.75 Å². The highest BCUT2D eigenvalue weighted by molar-refractivity contribution is 7.99. The van der Waals surface area contributed by atoms with Gasteiger partial charge >= 0.3 is 5.97 Å². The lowest BCUT2D eigenvalue weighted by Gasteiger charge is -2.31. The largest absolute Gasteiger partial charge is 0.497 e. The van der Waals surface area contributed by atoms with Crippen molar-refractivity contribution >= 4 is 35.2 Å². The van der Waals surface area contributed by atoms with Gasteiger partial charge in [-0.2, -0.15) is 0 Å². The maximum Gasteiger partial charge on any atom is 0.303 e. The summed E-state index contributed by atoms with van der Waals surface area (Å²) in [4.78, 5) is 45.8. The van der Waals surface area contributed by atoms with Crippen molar-refractivity contribution in [3.8, 4) is 5.75 Å². The summed E-state index contributed by atoms with van der Waals surface area (Å²) in [6, 6.07) is 23.5. The molecule has 9 heteroatoms. The Hall–Kier alpha value is -3.82. The summed E-state index contributed by atoms with van der Waals surface area (Å²) in [7, 11) is 3.49. The number of thioether (sulfide) groups is 1. The molecule has 0 bridgehead atoms. The van der Waals surface area contributed by atoms with Gasteiger partial charge in [-0.25, -0.2) is 0 Å². The number of ether oxygens (including phenoxy) is 2. The molecule has 2 amide bonds. The van der Waals surface area contributed by atoms with Crippen molar-refractivity contribution in [2.75, 3.05) is 45.2 Å². The molecular formula is C32H35N3O5S. The molecule has 0 fully saturated rings. The highest BCUT2D eigenvalue weighted by Gasteiger charge is 2.40. The molecule has 0 aromatic heterocycles. The number of carbonyl (C=O) groups is 3. The van der Waals surface area contributed by atoms with Crippen LogP contribution in [0, 0.1) is 0 Å². The zero-order valence-corrected chi connectivity index (χ0v) is 24.4. The van der Waals surface area contributed by atoms with E-state index in [4.69, 9.17) is 9.47 Å². The fraction of sp³-hybridized carbons (Fsp3) is 0.344. The highest BCUT2D eigenvalue weighted by Crippen LogP contribution is 2.46. The van der Waals surface area contributed by atoms with Crippen LogP contribution < -0.4 is 9.64 Å². The fourth-order valence-corrected chi connectivity index (χ4v) is 6.65. The van der Waals surface area contributed by atoms with Crippen LogP contribution in [0.3, 0.4) is 0 Å². The van der Waals surface area contributed by atoms with Gasteiger partial charge in [-0.05, 0) is 54.4 Å². The van der Waals surface area contributed by atoms with Gasteiger partial charge in [-0.1, -0.05) is 48.5 Å². The molecule has 3 aromatic carbocycles. The first-order chi connectivity index (χ1) is 19.8. The van der Waals surface area contributed by atoms with Gasteiger partial charge in [0.05, 0.1) is 24.6 Å². The first kappa shape index (κ1) is 28.7. The number of esters is 1. The number of amides is 2. The number of para-hydroxylation sites is 1. The Morgan fingerprint density at radius 1 is 1.00 bits per heavy atom. The van der Waals surface area contributed by atoms with Crippen molar-refractivity contribution in [3.05, 3.63) is 89.5 Å². The Balaban J connectivity index is 1.32. The second-order valence-corrected chi connectivity index (χ2v) is 11.6. The average molecular weight is 574 g/mol. The van der Waals surface area contributed by atoms with Crippen molar-refractivity contribution < 1.29 is 23.9 Å². The van der Waals surface area contributed by atoms with E-state index >= 15 is 0 Å². The monoisotopic (exact) mass is 573 g/mol. The van der Waals surface area contributed by atoms with Crippen LogP contribution >= 0.6 is 11.8 Å². The Kier molecular flexibility index (Phi) is 8.95. The summed E-state index contributed by atoms with van der Waals surface area (Å²) in [6.07, 6.45) is -0.159. The first-order valence-electron chi connectivity index (χ1n) is 13.8. The lowest BCUT2D eigenvalue weighted by atomic mass is 10.00. The molecule has 0 saturated carbocycles. The van der Waals surface area contributed by atoms with Crippen molar-refractivity contribution in [1.29, 1.82) is 0 Å². The van der Waals surface area contributed by atoms with Gasteiger partial charge in [0.2, 0.25) is 5.91 Å². The molecule has 0 spiro atoms. The summed E-state index contributed by atoms with van der Waals surface area (Å²) >= 11 is 1.51. The first-order valence-corrected chi connectivity index (χ1v) is 14.6. The molecule has 8 nitrogen and oxygen atoms in total. The van der Waals surface area contributed by atoms with Crippen LogP contribution in [-0.2, 0) is 32.1 Å². The number of benzene rings is 3. The maximum absolute atomic E-state index is 14.1. The van der Waals surface area contributed by atoms with Crippen molar-refractivity contribution in [2.24, 2.45) is 0 Å². The fourth-order valence-electron chi connectivity index (χ4n) is 5.33. The topological polar surface area (TPSA) is 79.4 Å². The predicted molar refractivity (Wildman–Crippen MR) is 159 cm³/mol. The molecule has 5 rings (SSSR count). The summed E-state index contributed by atoms with van der Waals surface area (Å²) < 4.78 is 11.0. The van der Waals surface area contributed by atoms with Crippen LogP contribution in [0.25, 0.3) is 0 Å². The van der Waals surface area contributed by atoms with E-state index in [0.717, 1.165) is 22.6 Å². The second kappa shape index (κ2) is 12.8. The van der Waals surface area contributed by atoms with Gasteiger partial charge < -0.3 is 19.3 Å². The zero-order valence-electron chi connectivity index (χ0n) is 23.6. The maximum atomic E-state index is 14.1. The summed E-state index contributed by atoms with van der Waals surface area (Å²) in [6.45, 7) is 3.72. The molecule has 2 heterocycles. The van der Waals surface area contributed by atoms with Crippen LogP contribution in [0.15, 0.2) is 77.7 Å². The third-order valence-electron chi connectivity index (χ3n) is 7.53. The normalized spacial score (nSPS) is 18.4. The molecule has 0 N–H and O–H groups in total. The number of methoxy groups -OCH3 is 1. The Labute approximate surface area is 245 Å². The summed E-state index contributed by atoms with van der Waals surface area (Å²) in [5, 5.41) is -0.440. The average Bonchev–Trinajstić information content (AvgIpc) is 3.09. The highest BCUT2D eigenvalue weighted by atomic mass is 32.2. The van der Waals surface area contributed by atoms with E-state index in [-0.39, 0.29) is 18.4 Å². The third-order valence-corrected chi connectivity index (χ3v) is 8.90. The number of anilines is 1. The predicted octanol–water partition coefficient (Wildman–Crippen LogP) is 4.32. The number of carbonyl (C=O) groups excluding carboxylic acids is 3. The number of hydrogen-bond donors (Lipinski definition) is 0. The number of fused-ring (bicyclic) bond motifs is 2. The molecule has 2 unspecified atom stereocenters. The molecule has 0 radical (unpaired) electrons. The lowest BCUT2D eigenvalue weighted by molar-refractivity contribution is -0.152. The molecule has 2 aliphatic heterocycles. The minimum atomic E-state index is -1.02. The molecule has 2 atom stereocenters. The van der Waals surface area contributed by atoms with Crippen LogP contribution in [-0.4, -0.2) is 74.0 Å². The summed E-state index contributed by atoms with van der Waals surface area (Å²) in [5.41, 5.74) is 4.12. The lowest BCUT2D eigenvalue weighted by Crippen LogP contribution is -2.47. The number of nitrogens with zero attached hydrogens (tertiary/aromatic N) is 3. The van der Waals surface area contributed by atoms with Crippen LogP contribution in [0.2, 0.25) is 0 Å². The number of hydrogen-bond acceptors (Lipinski definition) is 7. The van der Waals surface area contributed by atoms with E-state index in [1.165, 1.54) is 29.8 Å². The van der Waals surface area contributed by atoms with Gasteiger partial charge in [0, 0.05) is 38.0 Å². The Morgan fingerprint density at radius 2 is 1.71 bits per heavy atom. The van der Waals surface area contributed by atoms with E-state index < -0.39 is 17.3 Å². The minimum Gasteiger partial charge on any atom is -0.497 e. The minimum absolute atomic E-state index is 0.0671. The van der Waals surface area contributed by atoms with Gasteiger partial charge in [-0.15, -0.1) is 11.8 Å². The van der Waals surface area contributed by atoms with Crippen molar-refractivity contribution in [2.45, 2.75) is 36.1 Å². The van der Waals surface area contributed by atoms with Gasteiger partial charge in [0.25, 0.3) is 5.91 Å². The number of likely N-dealkylation sites (N-methyl/N-ethyl adjacent to an activating group) is 1. The van der Waals surface area contributed by atoms with Crippen LogP contribution in [0.4, 0.5) is 5.69 Å². The second-order valence-electron chi connectivity index (χ2n) is 10.4. The molecular weight excluding hydrogens is 538 g/mol. The molecule has 2 aliphatic rings. The molecule has 41 heavy (non-hydrogen) atoms. The zero-order chi connectivity index (χ0) is 28.9. The Bertz CT molecular complexity index is 1410. The third kappa shape index (κ3) is 6.57. The Morgan fingerprint density at radius 3 is 2.44 bits per heavy atom. The molecule has 0 saturated heterocycles. The molecule has 3 aromatic rings. The van der Waals surface area contributed by atoms with E-state index in [0.29, 0.717) is 31.9 Å². The smallest absolute Gasteiger partial charge is 0.303 e. The molecule has 0 aliphatic carbocycles. The van der Waals surface area contributed by atoms with Crippen molar-refractivity contribution in [1.82, 2.24) is 9.80 Å². The number of rotatable bonds is 8. The molecule has 214 valence electrons. The van der Waals surface area contributed by atoms with E-state index in [1.54, 1.807) is 12.0 Å². The SMILES string of the molecule is COc1ccc(C2Sc3ccccc3N(CCN(C)CC(=O)N3CCc4ccccc4C3)C(=O)C2OC(C)=O)cc1. The van der Waals surface area contributed by atoms with Gasteiger partial charge in [-0.3, -0.25) is 19.3 Å². The van der Waals surface area contributed by atoms with E-state index in [2.05, 4.69) is 12.1 Å². The van der Waals surface area contributed by atoms with Crippen LogP contribution in [0.1, 0.15) is 28.9 Å². The van der Waals surface area contributed by atoms with Crippen molar-refractivity contribution in [3.63, 3.8) is 0 Å². The van der Waals surface area contributed by atoms with Gasteiger partial charge in [0.1, 0.15) is 5.75 Å². The quantitative estimate of drug-likeness (QED) is 0.372. The standard InChI is InChI=1S/C32H35N3O5S/c1-22(36)40-30-31(24-12-14-26(39-3)15-13-24)41-28-11-7-6-10-27(28)35(32(30)38)19-18-33(2)21-29(37)34-17-16-23-8-4-5-9-25(23)20-34/h4-15,30-31H,16-21H2,1-3H3. The van der Waals surface area contributed by atoms with E-state index in [1.807, 2.05) is 77.5 Å².